The lowest BCUT2D eigenvalue weighted by atomic mass is 10.1. The standard InChI is InChI=1S/C15H13FN4O/c1-19-15(21)9-2-4-12(18)14(7-9)20-13-5-3-11(16)6-10(13)8-17/h2-7,20H,18H2,1H3,(H,19,21). The predicted molar refractivity (Wildman–Crippen MR) is 78.6 cm³/mol. The molecule has 2 aromatic rings. The maximum absolute atomic E-state index is 13.1. The van der Waals surface area contributed by atoms with Gasteiger partial charge in [0.25, 0.3) is 5.91 Å². The average molecular weight is 284 g/mol. The summed E-state index contributed by atoms with van der Waals surface area (Å²) in [7, 11) is 1.53. The summed E-state index contributed by atoms with van der Waals surface area (Å²) in [5.41, 5.74) is 7.73. The topological polar surface area (TPSA) is 90.9 Å². The van der Waals surface area contributed by atoms with Gasteiger partial charge in [0.1, 0.15) is 11.9 Å². The van der Waals surface area contributed by atoms with Crippen molar-refractivity contribution in [2.75, 3.05) is 18.1 Å². The molecule has 0 aromatic heterocycles. The molecule has 0 fully saturated rings. The quantitative estimate of drug-likeness (QED) is 0.755. The second kappa shape index (κ2) is 5.92. The molecule has 0 atom stereocenters. The van der Waals surface area contributed by atoms with Crippen LogP contribution in [0.4, 0.5) is 21.5 Å². The molecule has 2 rings (SSSR count). The third-order valence-electron chi connectivity index (χ3n) is 2.91. The molecule has 4 N–H and O–H groups in total. The molecule has 0 aliphatic rings. The number of hydrogen-bond donors (Lipinski definition) is 3. The second-order valence-corrected chi connectivity index (χ2v) is 4.31. The monoisotopic (exact) mass is 284 g/mol. The Hall–Kier alpha value is -3.07. The second-order valence-electron chi connectivity index (χ2n) is 4.31. The van der Waals surface area contributed by atoms with Crippen molar-refractivity contribution in [1.82, 2.24) is 5.32 Å². The van der Waals surface area contributed by atoms with Gasteiger partial charge in [0.15, 0.2) is 0 Å². The van der Waals surface area contributed by atoms with E-state index in [9.17, 15) is 9.18 Å². The zero-order valence-corrected chi connectivity index (χ0v) is 11.3. The lowest BCUT2D eigenvalue weighted by Crippen LogP contribution is -2.18. The smallest absolute Gasteiger partial charge is 0.251 e. The van der Waals surface area contributed by atoms with Crippen molar-refractivity contribution in [2.45, 2.75) is 0 Å². The van der Waals surface area contributed by atoms with E-state index in [4.69, 9.17) is 11.0 Å². The van der Waals surface area contributed by atoms with Crippen molar-refractivity contribution in [3.05, 3.63) is 53.3 Å². The largest absolute Gasteiger partial charge is 0.397 e. The first kappa shape index (κ1) is 14.3. The Balaban J connectivity index is 2.40. The summed E-state index contributed by atoms with van der Waals surface area (Å²) in [6, 6.07) is 10.5. The molecule has 0 unspecified atom stereocenters. The van der Waals surface area contributed by atoms with Crippen molar-refractivity contribution < 1.29 is 9.18 Å². The molecule has 0 aliphatic carbocycles. The van der Waals surface area contributed by atoms with Crippen LogP contribution in [-0.4, -0.2) is 13.0 Å². The van der Waals surface area contributed by atoms with Crippen LogP contribution in [0, 0.1) is 17.1 Å². The number of nitrogen functional groups attached to an aromatic ring is 1. The van der Waals surface area contributed by atoms with Crippen LogP contribution in [0.3, 0.4) is 0 Å². The molecular weight excluding hydrogens is 271 g/mol. The van der Waals surface area contributed by atoms with Crippen molar-refractivity contribution in [3.63, 3.8) is 0 Å². The lowest BCUT2D eigenvalue weighted by molar-refractivity contribution is 0.0963. The van der Waals surface area contributed by atoms with E-state index in [1.54, 1.807) is 18.2 Å². The summed E-state index contributed by atoms with van der Waals surface area (Å²) in [5.74, 6) is -0.748. The minimum absolute atomic E-state index is 0.153. The molecule has 0 radical (unpaired) electrons. The summed E-state index contributed by atoms with van der Waals surface area (Å²) < 4.78 is 13.1. The highest BCUT2D eigenvalue weighted by Crippen LogP contribution is 2.26. The van der Waals surface area contributed by atoms with E-state index in [0.29, 0.717) is 22.6 Å². The van der Waals surface area contributed by atoms with Crippen LogP contribution in [0.25, 0.3) is 0 Å². The third-order valence-corrected chi connectivity index (χ3v) is 2.91. The van der Waals surface area contributed by atoms with E-state index in [1.807, 2.05) is 6.07 Å². The van der Waals surface area contributed by atoms with Gasteiger partial charge in [-0.1, -0.05) is 0 Å². The molecule has 0 spiro atoms. The van der Waals surface area contributed by atoms with E-state index < -0.39 is 5.82 Å². The van der Waals surface area contributed by atoms with E-state index in [0.717, 1.165) is 6.07 Å². The van der Waals surface area contributed by atoms with Crippen LogP contribution in [-0.2, 0) is 0 Å². The number of nitrogens with one attached hydrogen (secondary N) is 2. The van der Waals surface area contributed by atoms with Crippen molar-refractivity contribution in [2.24, 2.45) is 0 Å². The Labute approximate surface area is 121 Å². The number of carbonyl (C=O) groups is 1. The zero-order chi connectivity index (χ0) is 15.4. The molecular formula is C15H13FN4O. The van der Waals surface area contributed by atoms with Crippen LogP contribution >= 0.6 is 0 Å². The number of carbonyl (C=O) groups excluding carboxylic acids is 1. The zero-order valence-electron chi connectivity index (χ0n) is 11.3. The fourth-order valence-corrected chi connectivity index (χ4v) is 1.81. The number of nitrogens with two attached hydrogens (primary N) is 1. The van der Waals surface area contributed by atoms with Crippen LogP contribution < -0.4 is 16.4 Å². The molecule has 0 bridgehead atoms. The Bertz CT molecular complexity index is 737. The first-order valence-electron chi connectivity index (χ1n) is 6.13. The molecule has 0 heterocycles. The number of nitriles is 1. The Kier molecular flexibility index (Phi) is 4.05. The summed E-state index contributed by atoms with van der Waals surface area (Å²) in [6.07, 6.45) is 0. The highest BCUT2D eigenvalue weighted by atomic mass is 19.1. The number of amides is 1. The van der Waals surface area contributed by atoms with E-state index in [-0.39, 0.29) is 11.5 Å². The Morgan fingerprint density at radius 1 is 1.24 bits per heavy atom. The highest BCUT2D eigenvalue weighted by molar-refractivity contribution is 5.96. The number of benzene rings is 2. The highest BCUT2D eigenvalue weighted by Gasteiger charge is 2.09. The molecule has 21 heavy (non-hydrogen) atoms. The van der Waals surface area contributed by atoms with Crippen molar-refractivity contribution in [3.8, 4) is 6.07 Å². The van der Waals surface area contributed by atoms with Crippen LogP contribution in [0.15, 0.2) is 36.4 Å². The van der Waals surface area contributed by atoms with Crippen molar-refractivity contribution >= 4 is 23.0 Å². The van der Waals surface area contributed by atoms with Gasteiger partial charge in [-0.3, -0.25) is 4.79 Å². The SMILES string of the molecule is CNC(=O)c1ccc(N)c(Nc2ccc(F)cc2C#N)c1. The third kappa shape index (κ3) is 3.09. The van der Waals surface area contributed by atoms with Gasteiger partial charge < -0.3 is 16.4 Å². The maximum atomic E-state index is 13.1. The molecule has 1 amide bonds. The fraction of sp³-hybridized carbons (Fsp3) is 0.0667. The van der Waals surface area contributed by atoms with Gasteiger partial charge in [0, 0.05) is 12.6 Å². The first-order chi connectivity index (χ1) is 10.0. The first-order valence-corrected chi connectivity index (χ1v) is 6.13. The molecule has 0 saturated heterocycles. The molecule has 5 nitrogen and oxygen atoms in total. The number of hydrogen-bond acceptors (Lipinski definition) is 4. The molecule has 6 heteroatoms. The molecule has 0 aliphatic heterocycles. The van der Waals surface area contributed by atoms with Gasteiger partial charge in [-0.2, -0.15) is 5.26 Å². The number of rotatable bonds is 3. The minimum Gasteiger partial charge on any atom is -0.397 e. The van der Waals surface area contributed by atoms with E-state index in [2.05, 4.69) is 10.6 Å². The summed E-state index contributed by atoms with van der Waals surface area (Å²) in [6.45, 7) is 0. The van der Waals surface area contributed by atoms with E-state index >= 15 is 0 Å². The lowest BCUT2D eigenvalue weighted by Gasteiger charge is -2.12. The number of anilines is 3. The van der Waals surface area contributed by atoms with Gasteiger partial charge >= 0.3 is 0 Å². The molecule has 2 aromatic carbocycles. The number of halogens is 1. The van der Waals surface area contributed by atoms with Crippen LogP contribution in [0.5, 0.6) is 0 Å². The maximum Gasteiger partial charge on any atom is 0.251 e. The molecule has 106 valence electrons. The average Bonchev–Trinajstić information content (AvgIpc) is 2.50. The van der Waals surface area contributed by atoms with Gasteiger partial charge in [0.2, 0.25) is 0 Å². The minimum atomic E-state index is -0.496. The van der Waals surface area contributed by atoms with E-state index in [1.165, 1.54) is 19.2 Å². The summed E-state index contributed by atoms with van der Waals surface area (Å²) >= 11 is 0. The predicted octanol–water partition coefficient (Wildman–Crippen LogP) is 2.38. The van der Waals surface area contributed by atoms with Crippen LogP contribution in [0.1, 0.15) is 15.9 Å². The van der Waals surface area contributed by atoms with Gasteiger partial charge in [-0.15, -0.1) is 0 Å². The Morgan fingerprint density at radius 2 is 2.00 bits per heavy atom. The van der Waals surface area contributed by atoms with Gasteiger partial charge in [-0.05, 0) is 36.4 Å². The van der Waals surface area contributed by atoms with Crippen molar-refractivity contribution in [1.29, 1.82) is 5.26 Å². The fourth-order valence-electron chi connectivity index (χ4n) is 1.81. The summed E-state index contributed by atoms with van der Waals surface area (Å²) in [5, 5.41) is 14.5. The van der Waals surface area contributed by atoms with Gasteiger partial charge in [-0.25, -0.2) is 4.39 Å². The summed E-state index contributed by atoms with van der Waals surface area (Å²) in [4.78, 5) is 11.6. The normalized spacial score (nSPS) is 9.76. The molecule has 0 saturated carbocycles. The van der Waals surface area contributed by atoms with Crippen LogP contribution in [0.2, 0.25) is 0 Å². The number of nitrogens with zero attached hydrogens (tertiary/aromatic N) is 1. The van der Waals surface area contributed by atoms with Gasteiger partial charge in [0.05, 0.1) is 22.6 Å². The Morgan fingerprint density at radius 3 is 2.67 bits per heavy atom.